The van der Waals surface area contributed by atoms with Crippen LogP contribution in [0.4, 0.5) is 5.69 Å². The Balaban J connectivity index is 1.86. The van der Waals surface area contributed by atoms with Crippen molar-refractivity contribution in [3.05, 3.63) is 59.6 Å². The standard InChI is InChI=1S/C20H22N2O2/c1-4-14-7-8-17-16(12-14)19(2,3)20(21-18(23)13-22(17)20)10-9-15-6-5-11-24-15/h5-12H,4,13H2,1-3H3,(H,21,23)/t20-/m0/s1. The second kappa shape index (κ2) is 5.00. The average Bonchev–Trinajstić information content (AvgIpc) is 3.23. The Morgan fingerprint density at radius 1 is 1.33 bits per heavy atom. The van der Waals surface area contributed by atoms with Crippen molar-refractivity contribution in [1.82, 2.24) is 5.32 Å². The minimum atomic E-state index is -0.564. The summed E-state index contributed by atoms with van der Waals surface area (Å²) in [6.07, 6.45) is 6.69. The molecule has 24 heavy (non-hydrogen) atoms. The van der Waals surface area contributed by atoms with Crippen LogP contribution in [0.5, 0.6) is 0 Å². The van der Waals surface area contributed by atoms with Crippen LogP contribution in [0.2, 0.25) is 0 Å². The molecule has 0 radical (unpaired) electrons. The van der Waals surface area contributed by atoms with Crippen molar-refractivity contribution in [1.29, 1.82) is 0 Å². The van der Waals surface area contributed by atoms with Gasteiger partial charge in [-0.05, 0) is 47.9 Å². The second-order valence-corrected chi connectivity index (χ2v) is 7.08. The van der Waals surface area contributed by atoms with E-state index in [1.165, 1.54) is 11.1 Å². The van der Waals surface area contributed by atoms with Gasteiger partial charge >= 0.3 is 0 Å². The molecule has 1 saturated heterocycles. The summed E-state index contributed by atoms with van der Waals surface area (Å²) < 4.78 is 5.43. The van der Waals surface area contributed by atoms with Crippen LogP contribution >= 0.6 is 0 Å². The van der Waals surface area contributed by atoms with E-state index >= 15 is 0 Å². The van der Waals surface area contributed by atoms with E-state index < -0.39 is 5.66 Å². The van der Waals surface area contributed by atoms with E-state index in [0.717, 1.165) is 17.9 Å². The first kappa shape index (κ1) is 15.1. The molecule has 124 valence electrons. The summed E-state index contributed by atoms with van der Waals surface area (Å²) in [6.45, 7) is 6.94. The highest BCUT2D eigenvalue weighted by Gasteiger charge is 2.59. The Morgan fingerprint density at radius 3 is 2.88 bits per heavy atom. The van der Waals surface area contributed by atoms with E-state index in [4.69, 9.17) is 4.42 Å². The molecule has 1 fully saturated rings. The van der Waals surface area contributed by atoms with Gasteiger partial charge in [-0.15, -0.1) is 0 Å². The number of fused-ring (bicyclic) bond motifs is 3. The molecule has 1 N–H and O–H groups in total. The highest BCUT2D eigenvalue weighted by molar-refractivity contribution is 5.91. The first-order chi connectivity index (χ1) is 11.5. The van der Waals surface area contributed by atoms with Gasteiger partial charge in [0.25, 0.3) is 0 Å². The predicted octanol–water partition coefficient (Wildman–Crippen LogP) is 3.48. The van der Waals surface area contributed by atoms with E-state index in [1.54, 1.807) is 6.26 Å². The van der Waals surface area contributed by atoms with Gasteiger partial charge in [0.2, 0.25) is 5.91 Å². The second-order valence-electron chi connectivity index (χ2n) is 7.08. The van der Waals surface area contributed by atoms with Crippen molar-refractivity contribution in [2.24, 2.45) is 0 Å². The number of rotatable bonds is 3. The normalized spacial score (nSPS) is 24.3. The third-order valence-corrected chi connectivity index (χ3v) is 5.48. The molecule has 1 atom stereocenters. The number of benzene rings is 1. The number of aryl methyl sites for hydroxylation is 1. The van der Waals surface area contributed by atoms with Crippen molar-refractivity contribution in [3.63, 3.8) is 0 Å². The average molecular weight is 322 g/mol. The number of furan rings is 1. The fourth-order valence-corrected chi connectivity index (χ4v) is 4.03. The first-order valence-corrected chi connectivity index (χ1v) is 8.43. The van der Waals surface area contributed by atoms with Crippen LogP contribution < -0.4 is 10.2 Å². The summed E-state index contributed by atoms with van der Waals surface area (Å²) in [6, 6.07) is 10.4. The van der Waals surface area contributed by atoms with Crippen molar-refractivity contribution in [2.75, 3.05) is 11.4 Å². The van der Waals surface area contributed by atoms with E-state index in [-0.39, 0.29) is 11.3 Å². The molecule has 4 nitrogen and oxygen atoms in total. The maximum atomic E-state index is 12.2. The highest BCUT2D eigenvalue weighted by atomic mass is 16.3. The lowest BCUT2D eigenvalue weighted by Gasteiger charge is -2.40. The lowest BCUT2D eigenvalue weighted by molar-refractivity contribution is -0.118. The largest absolute Gasteiger partial charge is 0.465 e. The number of carbonyl (C=O) groups excluding carboxylic acids is 1. The van der Waals surface area contributed by atoms with E-state index in [9.17, 15) is 4.79 Å². The molecule has 0 unspecified atom stereocenters. The number of nitrogens with zero attached hydrogens (tertiary/aromatic N) is 1. The monoisotopic (exact) mass is 322 g/mol. The van der Waals surface area contributed by atoms with Gasteiger partial charge in [0.05, 0.1) is 12.8 Å². The molecule has 2 aliphatic heterocycles. The van der Waals surface area contributed by atoms with Crippen LogP contribution in [0, 0.1) is 0 Å². The van der Waals surface area contributed by atoms with E-state index in [1.807, 2.05) is 18.2 Å². The first-order valence-electron chi connectivity index (χ1n) is 8.43. The molecule has 0 bridgehead atoms. The molecule has 1 amide bonds. The van der Waals surface area contributed by atoms with Crippen LogP contribution in [0.1, 0.15) is 37.7 Å². The molecule has 0 aliphatic carbocycles. The van der Waals surface area contributed by atoms with Crippen molar-refractivity contribution >= 4 is 17.7 Å². The third kappa shape index (κ3) is 1.89. The van der Waals surface area contributed by atoms with Crippen LogP contribution in [0.25, 0.3) is 6.08 Å². The van der Waals surface area contributed by atoms with E-state index in [0.29, 0.717) is 6.54 Å². The maximum Gasteiger partial charge on any atom is 0.241 e. The summed E-state index contributed by atoms with van der Waals surface area (Å²) in [5.74, 6) is 0.837. The summed E-state index contributed by atoms with van der Waals surface area (Å²) in [7, 11) is 0. The molecule has 4 heteroatoms. The topological polar surface area (TPSA) is 45.5 Å². The van der Waals surface area contributed by atoms with Gasteiger partial charge in [0, 0.05) is 11.1 Å². The quantitative estimate of drug-likeness (QED) is 0.941. The Bertz CT molecular complexity index is 820. The minimum Gasteiger partial charge on any atom is -0.465 e. The fourth-order valence-electron chi connectivity index (χ4n) is 4.03. The van der Waals surface area contributed by atoms with Gasteiger partial charge in [-0.3, -0.25) is 4.79 Å². The SMILES string of the molecule is CCc1ccc2c(c1)C(C)(C)[C@@]1(C=Cc3ccco3)NC(=O)CN21. The zero-order valence-electron chi connectivity index (χ0n) is 14.3. The number of hydrogen-bond acceptors (Lipinski definition) is 3. The molecule has 0 saturated carbocycles. The van der Waals surface area contributed by atoms with Crippen LogP contribution in [0.3, 0.4) is 0 Å². The van der Waals surface area contributed by atoms with Crippen LogP contribution in [-0.2, 0) is 16.6 Å². The molecular formula is C20H22N2O2. The van der Waals surface area contributed by atoms with Gasteiger partial charge in [-0.2, -0.15) is 0 Å². The summed E-state index contributed by atoms with van der Waals surface area (Å²) in [5.41, 5.74) is 2.93. The van der Waals surface area contributed by atoms with Crippen molar-refractivity contribution in [2.45, 2.75) is 38.3 Å². The summed E-state index contributed by atoms with van der Waals surface area (Å²) in [4.78, 5) is 14.4. The Morgan fingerprint density at radius 2 is 2.17 bits per heavy atom. The molecule has 1 aromatic heterocycles. The fraction of sp³-hybridized carbons (Fsp3) is 0.350. The van der Waals surface area contributed by atoms with E-state index in [2.05, 4.69) is 55.3 Å². The van der Waals surface area contributed by atoms with Crippen molar-refractivity contribution < 1.29 is 9.21 Å². The van der Waals surface area contributed by atoms with Crippen LogP contribution in [-0.4, -0.2) is 18.1 Å². The smallest absolute Gasteiger partial charge is 0.241 e. The van der Waals surface area contributed by atoms with Crippen LogP contribution in [0.15, 0.2) is 47.1 Å². The molecule has 2 aromatic rings. The zero-order chi connectivity index (χ0) is 16.9. The van der Waals surface area contributed by atoms with Gasteiger partial charge in [0.15, 0.2) is 0 Å². The van der Waals surface area contributed by atoms with Gasteiger partial charge < -0.3 is 14.6 Å². The number of hydrogen-bond donors (Lipinski definition) is 1. The highest BCUT2D eigenvalue weighted by Crippen LogP contribution is 2.53. The number of anilines is 1. The predicted molar refractivity (Wildman–Crippen MR) is 94.8 cm³/mol. The van der Waals surface area contributed by atoms with Gasteiger partial charge in [0.1, 0.15) is 11.4 Å². The van der Waals surface area contributed by atoms with Gasteiger partial charge in [-0.25, -0.2) is 0 Å². The van der Waals surface area contributed by atoms with Crippen molar-refractivity contribution in [3.8, 4) is 0 Å². The number of nitrogens with one attached hydrogen (secondary N) is 1. The molecule has 1 aromatic carbocycles. The summed E-state index contributed by atoms with van der Waals surface area (Å²) in [5, 5.41) is 3.22. The Hall–Kier alpha value is -2.49. The maximum absolute atomic E-state index is 12.2. The zero-order valence-corrected chi connectivity index (χ0v) is 14.3. The Labute approximate surface area is 142 Å². The molecule has 2 aliphatic rings. The minimum absolute atomic E-state index is 0.0531. The molecule has 3 heterocycles. The lowest BCUT2D eigenvalue weighted by Crippen LogP contribution is -2.58. The Kier molecular flexibility index (Phi) is 3.14. The molecular weight excluding hydrogens is 300 g/mol. The lowest BCUT2D eigenvalue weighted by atomic mass is 9.75. The van der Waals surface area contributed by atoms with Gasteiger partial charge in [-0.1, -0.05) is 32.9 Å². The summed E-state index contributed by atoms with van der Waals surface area (Å²) >= 11 is 0. The third-order valence-electron chi connectivity index (χ3n) is 5.48. The number of amides is 1. The number of carbonyl (C=O) groups is 1. The molecule has 4 rings (SSSR count). The molecule has 0 spiro atoms.